The predicted molar refractivity (Wildman–Crippen MR) is 99.6 cm³/mol. The van der Waals surface area contributed by atoms with Gasteiger partial charge in [0.25, 0.3) is 5.56 Å². The molecule has 0 radical (unpaired) electrons. The molecule has 0 saturated heterocycles. The summed E-state index contributed by atoms with van der Waals surface area (Å²) in [4.78, 5) is 16.9. The normalized spacial score (nSPS) is 12.7. The van der Waals surface area contributed by atoms with Crippen molar-refractivity contribution in [2.45, 2.75) is 26.4 Å². The second-order valence-electron chi connectivity index (χ2n) is 6.46. The van der Waals surface area contributed by atoms with Gasteiger partial charge in [-0.05, 0) is 37.6 Å². The highest BCUT2D eigenvalue weighted by atomic mass is 16.5. The molecule has 132 valence electrons. The van der Waals surface area contributed by atoms with Crippen LogP contribution >= 0.6 is 0 Å². The predicted octanol–water partition coefficient (Wildman–Crippen LogP) is 2.38. The number of aryl methyl sites for hydroxylation is 2. The fourth-order valence-electron chi connectivity index (χ4n) is 3.23. The van der Waals surface area contributed by atoms with E-state index >= 15 is 0 Å². The van der Waals surface area contributed by atoms with Crippen molar-refractivity contribution >= 4 is 11.0 Å². The number of aromatic nitrogens is 3. The lowest BCUT2D eigenvalue weighted by atomic mass is 10.1. The molecule has 2 N–H and O–H groups in total. The van der Waals surface area contributed by atoms with Crippen LogP contribution in [0.15, 0.2) is 35.3 Å². The zero-order valence-corrected chi connectivity index (χ0v) is 15.1. The maximum Gasteiger partial charge on any atom is 0.253 e. The van der Waals surface area contributed by atoms with Crippen LogP contribution in [0.4, 0.5) is 0 Å². The average molecular weight is 340 g/mol. The first kappa shape index (κ1) is 17.4. The molecule has 2 aromatic heterocycles. The summed E-state index contributed by atoms with van der Waals surface area (Å²) in [6.45, 7) is 4.96. The lowest BCUT2D eigenvalue weighted by Crippen LogP contribution is -2.19. The standard InChI is InChI=1S/C19H24N4O2/c1-12-7-15(10-22(3)19(12)24)18-21-16-6-5-14(9-20)8-17(16)23(18)13(2)11-25-4/h5-8,10,13H,9,11,20H2,1-4H3. The number of imidazole rings is 1. The van der Waals surface area contributed by atoms with Gasteiger partial charge in [-0.3, -0.25) is 4.79 Å². The molecule has 3 rings (SSSR count). The van der Waals surface area contributed by atoms with E-state index in [4.69, 9.17) is 15.5 Å². The van der Waals surface area contributed by atoms with E-state index in [1.165, 1.54) is 0 Å². The molecule has 0 aliphatic heterocycles. The highest BCUT2D eigenvalue weighted by molar-refractivity contribution is 5.81. The van der Waals surface area contributed by atoms with E-state index in [0.717, 1.165) is 28.0 Å². The minimum Gasteiger partial charge on any atom is -0.383 e. The van der Waals surface area contributed by atoms with E-state index in [1.807, 2.05) is 31.3 Å². The second kappa shape index (κ2) is 6.82. The van der Waals surface area contributed by atoms with Gasteiger partial charge in [0.05, 0.1) is 23.7 Å². The molecular formula is C19H24N4O2. The fourth-order valence-corrected chi connectivity index (χ4v) is 3.23. The van der Waals surface area contributed by atoms with E-state index < -0.39 is 0 Å². The van der Waals surface area contributed by atoms with Crippen LogP contribution in [0, 0.1) is 6.92 Å². The molecule has 25 heavy (non-hydrogen) atoms. The first-order chi connectivity index (χ1) is 12.0. The molecule has 0 aliphatic rings. The zero-order chi connectivity index (χ0) is 18.1. The molecule has 0 amide bonds. The number of ether oxygens (including phenoxy) is 1. The molecule has 0 bridgehead atoms. The summed E-state index contributed by atoms with van der Waals surface area (Å²) in [6.07, 6.45) is 1.83. The van der Waals surface area contributed by atoms with Gasteiger partial charge >= 0.3 is 0 Å². The summed E-state index contributed by atoms with van der Waals surface area (Å²) in [5.74, 6) is 0.826. The van der Waals surface area contributed by atoms with Gasteiger partial charge in [-0.25, -0.2) is 4.98 Å². The Balaban J connectivity index is 2.30. The number of hydrogen-bond acceptors (Lipinski definition) is 4. The minimum absolute atomic E-state index is 0.00164. The topological polar surface area (TPSA) is 75.1 Å². The van der Waals surface area contributed by atoms with Crippen molar-refractivity contribution < 1.29 is 4.74 Å². The quantitative estimate of drug-likeness (QED) is 0.774. The van der Waals surface area contributed by atoms with Gasteiger partial charge in [-0.15, -0.1) is 0 Å². The van der Waals surface area contributed by atoms with Gasteiger partial charge in [-0.2, -0.15) is 0 Å². The molecule has 0 saturated carbocycles. The van der Waals surface area contributed by atoms with Crippen LogP contribution < -0.4 is 11.3 Å². The van der Waals surface area contributed by atoms with Crippen LogP contribution in [0.3, 0.4) is 0 Å². The number of hydrogen-bond donors (Lipinski definition) is 1. The summed E-state index contributed by atoms with van der Waals surface area (Å²) in [6, 6.07) is 8.05. The molecule has 3 aromatic rings. The van der Waals surface area contributed by atoms with Crippen LogP contribution in [-0.4, -0.2) is 27.8 Å². The number of nitrogens with two attached hydrogens (primary N) is 1. The highest BCUT2D eigenvalue weighted by Gasteiger charge is 2.18. The Morgan fingerprint density at radius 3 is 2.72 bits per heavy atom. The Kier molecular flexibility index (Phi) is 4.74. The number of benzene rings is 1. The van der Waals surface area contributed by atoms with Crippen molar-refractivity contribution in [3.8, 4) is 11.4 Å². The summed E-state index contributed by atoms with van der Waals surface area (Å²) in [7, 11) is 3.45. The van der Waals surface area contributed by atoms with Crippen molar-refractivity contribution in [2.75, 3.05) is 13.7 Å². The Labute approximate surface area is 146 Å². The first-order valence-electron chi connectivity index (χ1n) is 8.33. The molecule has 0 aliphatic carbocycles. The summed E-state index contributed by atoms with van der Waals surface area (Å²) < 4.78 is 9.12. The minimum atomic E-state index is 0.00164. The average Bonchev–Trinajstić information content (AvgIpc) is 2.97. The van der Waals surface area contributed by atoms with E-state index in [1.54, 1.807) is 18.7 Å². The van der Waals surface area contributed by atoms with E-state index in [0.29, 0.717) is 18.7 Å². The van der Waals surface area contributed by atoms with Crippen molar-refractivity contribution in [1.82, 2.24) is 14.1 Å². The molecule has 6 nitrogen and oxygen atoms in total. The molecular weight excluding hydrogens is 316 g/mol. The number of nitrogens with zero attached hydrogens (tertiary/aromatic N) is 3. The molecule has 1 unspecified atom stereocenters. The second-order valence-corrected chi connectivity index (χ2v) is 6.46. The van der Waals surface area contributed by atoms with Gasteiger partial charge in [0.1, 0.15) is 5.82 Å². The van der Waals surface area contributed by atoms with Gasteiger partial charge in [0.15, 0.2) is 0 Å². The smallest absolute Gasteiger partial charge is 0.253 e. The Bertz CT molecular complexity index is 945. The van der Waals surface area contributed by atoms with Crippen molar-refractivity contribution in [1.29, 1.82) is 0 Å². The Morgan fingerprint density at radius 1 is 1.32 bits per heavy atom. The van der Waals surface area contributed by atoms with Gasteiger partial charge in [0, 0.05) is 38.0 Å². The largest absolute Gasteiger partial charge is 0.383 e. The van der Waals surface area contributed by atoms with Crippen molar-refractivity contribution in [2.24, 2.45) is 12.8 Å². The third-order valence-corrected chi connectivity index (χ3v) is 4.46. The third-order valence-electron chi connectivity index (χ3n) is 4.46. The van der Waals surface area contributed by atoms with E-state index in [9.17, 15) is 4.79 Å². The Hall–Kier alpha value is -2.44. The van der Waals surface area contributed by atoms with Crippen LogP contribution in [0.2, 0.25) is 0 Å². The molecule has 0 fully saturated rings. The van der Waals surface area contributed by atoms with Gasteiger partial charge in [0.2, 0.25) is 0 Å². The van der Waals surface area contributed by atoms with Gasteiger partial charge < -0.3 is 19.6 Å². The van der Waals surface area contributed by atoms with E-state index in [-0.39, 0.29) is 11.6 Å². The zero-order valence-electron chi connectivity index (χ0n) is 15.1. The van der Waals surface area contributed by atoms with Gasteiger partial charge in [-0.1, -0.05) is 6.07 Å². The molecule has 6 heteroatoms. The number of pyridine rings is 1. The summed E-state index contributed by atoms with van der Waals surface area (Å²) in [5, 5.41) is 0. The summed E-state index contributed by atoms with van der Waals surface area (Å²) in [5.41, 5.74) is 10.4. The first-order valence-corrected chi connectivity index (χ1v) is 8.33. The lowest BCUT2D eigenvalue weighted by molar-refractivity contribution is 0.164. The van der Waals surface area contributed by atoms with Crippen molar-refractivity contribution in [3.63, 3.8) is 0 Å². The molecule has 0 spiro atoms. The number of methoxy groups -OCH3 is 1. The maximum absolute atomic E-state index is 12.0. The fraction of sp³-hybridized carbons (Fsp3) is 0.368. The third kappa shape index (κ3) is 3.10. The number of fused-ring (bicyclic) bond motifs is 1. The van der Waals surface area contributed by atoms with Crippen LogP contribution in [0.5, 0.6) is 0 Å². The van der Waals surface area contributed by atoms with Crippen LogP contribution in [-0.2, 0) is 18.3 Å². The van der Waals surface area contributed by atoms with Crippen LogP contribution in [0.1, 0.15) is 24.1 Å². The highest BCUT2D eigenvalue weighted by Crippen LogP contribution is 2.29. The Morgan fingerprint density at radius 2 is 2.08 bits per heavy atom. The van der Waals surface area contributed by atoms with Crippen LogP contribution in [0.25, 0.3) is 22.4 Å². The lowest BCUT2D eigenvalue weighted by Gasteiger charge is -2.17. The number of rotatable bonds is 5. The maximum atomic E-state index is 12.0. The summed E-state index contributed by atoms with van der Waals surface area (Å²) >= 11 is 0. The molecule has 1 aromatic carbocycles. The monoisotopic (exact) mass is 340 g/mol. The van der Waals surface area contributed by atoms with E-state index in [2.05, 4.69) is 17.6 Å². The molecule has 1 atom stereocenters. The van der Waals surface area contributed by atoms with Crippen molar-refractivity contribution in [3.05, 3.63) is 51.9 Å². The molecule has 2 heterocycles. The SMILES string of the molecule is COCC(C)n1c(-c2cc(C)c(=O)n(C)c2)nc2ccc(CN)cc21.